The van der Waals surface area contributed by atoms with Gasteiger partial charge in [-0.05, 0) is 36.8 Å². The van der Waals surface area contributed by atoms with Crippen LogP contribution in [0.15, 0.2) is 11.6 Å². The molecule has 2 aliphatic carbocycles. The van der Waals surface area contributed by atoms with Gasteiger partial charge in [-0.15, -0.1) is 0 Å². The van der Waals surface area contributed by atoms with Crippen molar-refractivity contribution in [1.82, 2.24) is 0 Å². The van der Waals surface area contributed by atoms with Gasteiger partial charge in [0.25, 0.3) is 0 Å². The summed E-state index contributed by atoms with van der Waals surface area (Å²) in [5, 5.41) is 11.2. The summed E-state index contributed by atoms with van der Waals surface area (Å²) in [4.78, 5) is 12.3. The van der Waals surface area contributed by atoms with Gasteiger partial charge >= 0.3 is 5.97 Å². The van der Waals surface area contributed by atoms with Gasteiger partial charge < -0.3 is 9.84 Å². The lowest BCUT2D eigenvalue weighted by atomic mass is 9.56. The van der Waals surface area contributed by atoms with E-state index in [2.05, 4.69) is 20.8 Å². The van der Waals surface area contributed by atoms with Crippen LogP contribution in [0.5, 0.6) is 0 Å². The van der Waals surface area contributed by atoms with Gasteiger partial charge in [-0.25, -0.2) is 0 Å². The Bertz CT molecular complexity index is 451. The molecule has 0 unspecified atom stereocenters. The highest BCUT2D eigenvalue weighted by molar-refractivity contribution is 5.80. The maximum absolute atomic E-state index is 12.3. The Morgan fingerprint density at radius 2 is 2.00 bits per heavy atom. The van der Waals surface area contributed by atoms with E-state index in [0.717, 1.165) is 24.8 Å². The van der Waals surface area contributed by atoms with Gasteiger partial charge in [0, 0.05) is 5.41 Å². The zero-order chi connectivity index (χ0) is 13.3. The molecular formula is C15H22O3. The van der Waals surface area contributed by atoms with E-state index in [1.165, 1.54) is 0 Å². The molecule has 1 N–H and O–H groups in total. The molecule has 3 heteroatoms. The molecule has 3 rings (SSSR count). The van der Waals surface area contributed by atoms with Gasteiger partial charge in [0.1, 0.15) is 11.7 Å². The third-order valence-electron chi connectivity index (χ3n) is 5.63. The molecule has 100 valence electrons. The van der Waals surface area contributed by atoms with E-state index in [-0.39, 0.29) is 22.9 Å². The summed E-state index contributed by atoms with van der Waals surface area (Å²) < 4.78 is 5.56. The molecule has 3 aliphatic rings. The Kier molecular flexibility index (Phi) is 2.16. The standard InChI is InChI=1S/C15H22O3/c1-9-8-15(17)10-12(16)18-11(9)14(10,4)7-5-6-13(15,2)3/h8,10-11,17H,5-7H2,1-4H3/t10-,11-,14-,15+/m1/s1. The maximum atomic E-state index is 12.3. The van der Waals surface area contributed by atoms with Gasteiger partial charge in [-0.3, -0.25) is 4.79 Å². The Hall–Kier alpha value is -0.830. The third-order valence-corrected chi connectivity index (χ3v) is 5.63. The Morgan fingerprint density at radius 3 is 2.67 bits per heavy atom. The van der Waals surface area contributed by atoms with Crippen molar-refractivity contribution in [2.24, 2.45) is 16.7 Å². The smallest absolute Gasteiger partial charge is 0.313 e. The van der Waals surface area contributed by atoms with Crippen molar-refractivity contribution in [3.8, 4) is 0 Å². The number of aliphatic hydroxyl groups is 1. The van der Waals surface area contributed by atoms with Crippen LogP contribution in [0.1, 0.15) is 47.0 Å². The minimum absolute atomic E-state index is 0.135. The van der Waals surface area contributed by atoms with E-state index in [1.54, 1.807) is 0 Å². The molecule has 4 bridgehead atoms. The van der Waals surface area contributed by atoms with Crippen molar-refractivity contribution in [3.05, 3.63) is 11.6 Å². The van der Waals surface area contributed by atoms with Crippen LogP contribution in [0.4, 0.5) is 0 Å². The minimum atomic E-state index is -1.06. The predicted octanol–water partition coefficient (Wildman–Crippen LogP) is 2.44. The number of rotatable bonds is 0. The molecule has 18 heavy (non-hydrogen) atoms. The third kappa shape index (κ3) is 1.16. The van der Waals surface area contributed by atoms with Crippen molar-refractivity contribution >= 4 is 5.97 Å². The molecule has 4 atom stereocenters. The molecule has 1 heterocycles. The van der Waals surface area contributed by atoms with E-state index >= 15 is 0 Å². The Balaban J connectivity index is 2.27. The fraction of sp³-hybridized carbons (Fsp3) is 0.800. The summed E-state index contributed by atoms with van der Waals surface area (Å²) in [7, 11) is 0. The van der Waals surface area contributed by atoms with Crippen LogP contribution in [0.2, 0.25) is 0 Å². The highest BCUT2D eigenvalue weighted by atomic mass is 16.6. The topological polar surface area (TPSA) is 46.5 Å². The second-order valence-electron chi connectivity index (χ2n) is 7.21. The number of hydrogen-bond donors (Lipinski definition) is 1. The molecule has 1 saturated heterocycles. The normalized spacial score (nSPS) is 49.4. The Labute approximate surface area is 108 Å². The summed E-state index contributed by atoms with van der Waals surface area (Å²) in [5.74, 6) is -0.621. The average Bonchev–Trinajstić information content (AvgIpc) is 2.38. The number of ether oxygens (including phenoxy) is 1. The van der Waals surface area contributed by atoms with Gasteiger partial charge in [0.2, 0.25) is 0 Å². The van der Waals surface area contributed by atoms with Crippen molar-refractivity contribution in [2.75, 3.05) is 0 Å². The van der Waals surface area contributed by atoms with Crippen LogP contribution in [-0.4, -0.2) is 22.8 Å². The summed E-state index contributed by atoms with van der Waals surface area (Å²) >= 11 is 0. The maximum Gasteiger partial charge on any atom is 0.313 e. The van der Waals surface area contributed by atoms with Crippen LogP contribution in [0, 0.1) is 16.7 Å². The first kappa shape index (κ1) is 12.2. The summed E-state index contributed by atoms with van der Waals surface area (Å²) in [6, 6.07) is 0. The van der Waals surface area contributed by atoms with Crippen molar-refractivity contribution in [3.63, 3.8) is 0 Å². The molecule has 0 aromatic heterocycles. The predicted molar refractivity (Wildman–Crippen MR) is 67.8 cm³/mol. The lowest BCUT2D eigenvalue weighted by molar-refractivity contribution is -0.154. The molecule has 1 aliphatic heterocycles. The molecule has 0 aromatic carbocycles. The van der Waals surface area contributed by atoms with Crippen molar-refractivity contribution in [1.29, 1.82) is 0 Å². The fourth-order valence-corrected chi connectivity index (χ4v) is 4.51. The lowest BCUT2D eigenvalue weighted by Gasteiger charge is -2.48. The zero-order valence-corrected chi connectivity index (χ0v) is 11.6. The van der Waals surface area contributed by atoms with Crippen LogP contribution in [-0.2, 0) is 9.53 Å². The summed E-state index contributed by atoms with van der Waals surface area (Å²) in [6.45, 7) is 8.21. The molecule has 0 aromatic rings. The molecule has 2 fully saturated rings. The number of hydrogen-bond acceptors (Lipinski definition) is 3. The van der Waals surface area contributed by atoms with E-state index in [0.29, 0.717) is 0 Å². The van der Waals surface area contributed by atoms with E-state index < -0.39 is 11.5 Å². The Morgan fingerprint density at radius 1 is 1.33 bits per heavy atom. The first-order valence-corrected chi connectivity index (χ1v) is 6.85. The van der Waals surface area contributed by atoms with Crippen LogP contribution < -0.4 is 0 Å². The molecule has 0 amide bonds. The number of carbonyl (C=O) groups excluding carboxylic acids is 1. The fourth-order valence-electron chi connectivity index (χ4n) is 4.51. The highest BCUT2D eigenvalue weighted by Gasteiger charge is 2.68. The molecule has 0 radical (unpaired) electrons. The van der Waals surface area contributed by atoms with E-state index in [4.69, 9.17) is 4.74 Å². The van der Waals surface area contributed by atoms with Crippen molar-refractivity contribution in [2.45, 2.75) is 58.7 Å². The van der Waals surface area contributed by atoms with E-state index in [1.807, 2.05) is 13.0 Å². The van der Waals surface area contributed by atoms with Gasteiger partial charge in [-0.2, -0.15) is 0 Å². The highest BCUT2D eigenvalue weighted by Crippen LogP contribution is 2.62. The zero-order valence-electron chi connectivity index (χ0n) is 11.6. The summed E-state index contributed by atoms with van der Waals surface area (Å²) in [5.41, 5.74) is -0.576. The largest absolute Gasteiger partial charge is 0.457 e. The lowest BCUT2D eigenvalue weighted by Crippen LogP contribution is -2.57. The molecule has 0 spiro atoms. The minimum Gasteiger partial charge on any atom is -0.457 e. The van der Waals surface area contributed by atoms with Crippen molar-refractivity contribution < 1.29 is 14.6 Å². The van der Waals surface area contributed by atoms with Gasteiger partial charge in [0.05, 0.1) is 5.92 Å². The monoisotopic (exact) mass is 250 g/mol. The second-order valence-corrected chi connectivity index (χ2v) is 7.21. The molecule has 1 saturated carbocycles. The molecular weight excluding hydrogens is 228 g/mol. The number of carbonyl (C=O) groups is 1. The number of esters is 1. The second kappa shape index (κ2) is 3.19. The summed E-state index contributed by atoms with van der Waals surface area (Å²) in [6.07, 6.45) is 4.70. The van der Waals surface area contributed by atoms with Crippen LogP contribution >= 0.6 is 0 Å². The average molecular weight is 250 g/mol. The first-order valence-electron chi connectivity index (χ1n) is 6.85. The quantitative estimate of drug-likeness (QED) is 0.530. The van der Waals surface area contributed by atoms with Crippen LogP contribution in [0.25, 0.3) is 0 Å². The van der Waals surface area contributed by atoms with Gasteiger partial charge in [-0.1, -0.05) is 27.2 Å². The first-order chi connectivity index (χ1) is 8.22. The van der Waals surface area contributed by atoms with E-state index in [9.17, 15) is 9.90 Å². The van der Waals surface area contributed by atoms with Crippen LogP contribution in [0.3, 0.4) is 0 Å². The molecule has 3 nitrogen and oxygen atoms in total. The van der Waals surface area contributed by atoms with Gasteiger partial charge in [0.15, 0.2) is 0 Å². The SMILES string of the molecule is CC1=C[C@]2(O)[C@@H]3C(=O)O[C@H]1[C@]3(C)CCCC2(C)C.